The summed E-state index contributed by atoms with van der Waals surface area (Å²) in [6.45, 7) is 2.24. The summed E-state index contributed by atoms with van der Waals surface area (Å²) in [5, 5.41) is 5.58. The average Bonchev–Trinajstić information content (AvgIpc) is 2.90. The molecular weight excluding hydrogens is 266 g/mol. The largest absolute Gasteiger partial charge is 0.397 e. The highest BCUT2D eigenvalue weighted by molar-refractivity contribution is 7.99. The van der Waals surface area contributed by atoms with Gasteiger partial charge in [-0.25, -0.2) is 0 Å². The number of fused-ring (bicyclic) bond motifs is 1. The molecule has 1 saturated carbocycles. The third-order valence-electron chi connectivity index (χ3n) is 3.98. The molecule has 0 bridgehead atoms. The molecule has 0 radical (unpaired) electrons. The number of nitrogen functional groups attached to an aromatic ring is 1. The average molecular weight is 287 g/mol. The van der Waals surface area contributed by atoms with E-state index in [0.29, 0.717) is 6.04 Å². The first-order chi connectivity index (χ1) is 9.79. The molecule has 20 heavy (non-hydrogen) atoms. The van der Waals surface area contributed by atoms with Crippen molar-refractivity contribution in [2.75, 3.05) is 16.8 Å². The van der Waals surface area contributed by atoms with Gasteiger partial charge in [-0.3, -0.25) is 4.98 Å². The Kier molecular flexibility index (Phi) is 4.01. The molecule has 3 N–H and O–H groups in total. The molecule has 2 atom stereocenters. The molecule has 1 aromatic heterocycles. The maximum absolute atomic E-state index is 6.01. The third-order valence-corrected chi connectivity index (χ3v) is 5.30. The van der Waals surface area contributed by atoms with Crippen molar-refractivity contribution in [3.63, 3.8) is 0 Å². The zero-order valence-corrected chi connectivity index (χ0v) is 12.6. The van der Waals surface area contributed by atoms with Gasteiger partial charge in [-0.05, 0) is 42.9 Å². The van der Waals surface area contributed by atoms with Crippen LogP contribution in [0.3, 0.4) is 0 Å². The standard InChI is InChI=1S/C16H21N3S/c1-2-20-15-7-3-6-14(15)19-13-9-8-12(17)16-11(13)5-4-10-18-16/h4-5,8-10,14-15,19H,2-3,6-7,17H2,1H3. The molecule has 1 fully saturated rings. The predicted molar refractivity (Wildman–Crippen MR) is 89.3 cm³/mol. The van der Waals surface area contributed by atoms with Crippen molar-refractivity contribution in [3.05, 3.63) is 30.5 Å². The van der Waals surface area contributed by atoms with Crippen LogP contribution in [0.5, 0.6) is 0 Å². The van der Waals surface area contributed by atoms with E-state index >= 15 is 0 Å². The second kappa shape index (κ2) is 5.92. The van der Waals surface area contributed by atoms with Crippen LogP contribution in [0.2, 0.25) is 0 Å². The molecule has 4 heteroatoms. The molecule has 3 nitrogen and oxygen atoms in total. The minimum Gasteiger partial charge on any atom is -0.397 e. The van der Waals surface area contributed by atoms with E-state index in [0.717, 1.165) is 27.5 Å². The highest BCUT2D eigenvalue weighted by atomic mass is 32.2. The number of hydrogen-bond acceptors (Lipinski definition) is 4. The van der Waals surface area contributed by atoms with E-state index in [1.54, 1.807) is 6.20 Å². The summed E-state index contributed by atoms with van der Waals surface area (Å²) in [5.41, 5.74) is 8.82. The quantitative estimate of drug-likeness (QED) is 0.837. The van der Waals surface area contributed by atoms with E-state index in [1.807, 2.05) is 12.1 Å². The van der Waals surface area contributed by atoms with E-state index in [1.165, 1.54) is 25.0 Å². The highest BCUT2D eigenvalue weighted by Gasteiger charge is 2.27. The Labute approximate surface area is 124 Å². The van der Waals surface area contributed by atoms with E-state index in [9.17, 15) is 0 Å². The monoisotopic (exact) mass is 287 g/mol. The number of nitrogens with two attached hydrogens (primary N) is 1. The maximum Gasteiger partial charge on any atom is 0.0951 e. The number of hydrogen-bond donors (Lipinski definition) is 2. The van der Waals surface area contributed by atoms with Crippen LogP contribution >= 0.6 is 11.8 Å². The molecule has 2 aromatic rings. The zero-order chi connectivity index (χ0) is 13.9. The summed E-state index contributed by atoms with van der Waals surface area (Å²) >= 11 is 2.07. The van der Waals surface area contributed by atoms with Crippen LogP contribution in [-0.4, -0.2) is 22.0 Å². The molecule has 2 unspecified atom stereocenters. The molecular formula is C16H21N3S. The van der Waals surface area contributed by atoms with Crippen molar-refractivity contribution in [1.82, 2.24) is 4.98 Å². The van der Waals surface area contributed by atoms with Crippen molar-refractivity contribution in [1.29, 1.82) is 0 Å². The number of nitrogens with zero attached hydrogens (tertiary/aromatic N) is 1. The molecule has 1 heterocycles. The summed E-state index contributed by atoms with van der Waals surface area (Å²) in [4.78, 5) is 4.40. The summed E-state index contributed by atoms with van der Waals surface area (Å²) in [6.07, 6.45) is 5.69. The highest BCUT2D eigenvalue weighted by Crippen LogP contribution is 2.34. The van der Waals surface area contributed by atoms with Gasteiger partial charge in [0.1, 0.15) is 0 Å². The molecule has 106 valence electrons. The van der Waals surface area contributed by atoms with Crippen LogP contribution in [0.25, 0.3) is 10.9 Å². The Balaban J connectivity index is 1.89. The predicted octanol–water partition coefficient (Wildman–Crippen LogP) is 3.90. The van der Waals surface area contributed by atoms with E-state index in [-0.39, 0.29) is 0 Å². The molecule has 1 aromatic carbocycles. The van der Waals surface area contributed by atoms with Crippen LogP contribution in [0, 0.1) is 0 Å². The number of anilines is 2. The lowest BCUT2D eigenvalue weighted by Gasteiger charge is -2.22. The summed E-state index contributed by atoms with van der Waals surface area (Å²) in [6, 6.07) is 8.67. The maximum atomic E-state index is 6.01. The first-order valence-corrected chi connectivity index (χ1v) is 8.36. The zero-order valence-electron chi connectivity index (χ0n) is 11.8. The Bertz CT molecular complexity index is 599. The van der Waals surface area contributed by atoms with Crippen molar-refractivity contribution in [3.8, 4) is 0 Å². The van der Waals surface area contributed by atoms with Gasteiger partial charge >= 0.3 is 0 Å². The van der Waals surface area contributed by atoms with Gasteiger partial charge in [-0.1, -0.05) is 13.3 Å². The summed E-state index contributed by atoms with van der Waals surface area (Å²) in [7, 11) is 0. The topological polar surface area (TPSA) is 50.9 Å². The van der Waals surface area contributed by atoms with Crippen LogP contribution in [-0.2, 0) is 0 Å². The van der Waals surface area contributed by atoms with Crippen molar-refractivity contribution in [2.24, 2.45) is 0 Å². The third kappa shape index (κ3) is 2.57. The second-order valence-electron chi connectivity index (χ2n) is 5.28. The fraction of sp³-hybridized carbons (Fsp3) is 0.438. The fourth-order valence-electron chi connectivity index (χ4n) is 3.02. The van der Waals surface area contributed by atoms with Gasteiger partial charge in [-0.2, -0.15) is 11.8 Å². The first-order valence-electron chi connectivity index (χ1n) is 7.31. The number of rotatable bonds is 4. The van der Waals surface area contributed by atoms with Crippen LogP contribution < -0.4 is 11.1 Å². The minimum atomic E-state index is 0.562. The molecule has 0 saturated heterocycles. The summed E-state index contributed by atoms with van der Waals surface area (Å²) in [5.74, 6) is 1.19. The first kappa shape index (κ1) is 13.6. The lowest BCUT2D eigenvalue weighted by molar-refractivity contribution is 0.769. The SMILES string of the molecule is CCSC1CCCC1Nc1ccc(N)c2ncccc12. The Morgan fingerprint density at radius 3 is 3.10 bits per heavy atom. The number of nitrogens with one attached hydrogen (secondary N) is 1. The van der Waals surface area contributed by atoms with Crippen molar-refractivity contribution in [2.45, 2.75) is 37.5 Å². The van der Waals surface area contributed by atoms with E-state index in [4.69, 9.17) is 5.73 Å². The van der Waals surface area contributed by atoms with Gasteiger partial charge < -0.3 is 11.1 Å². The van der Waals surface area contributed by atoms with Crippen LogP contribution in [0.4, 0.5) is 11.4 Å². The molecule has 1 aliphatic carbocycles. The minimum absolute atomic E-state index is 0.562. The van der Waals surface area contributed by atoms with Gasteiger partial charge in [0.15, 0.2) is 0 Å². The van der Waals surface area contributed by atoms with Gasteiger partial charge in [0.25, 0.3) is 0 Å². The number of aromatic nitrogens is 1. The van der Waals surface area contributed by atoms with Gasteiger partial charge in [0, 0.05) is 28.6 Å². The molecule has 0 spiro atoms. The Hall–Kier alpha value is -1.42. The molecule has 0 amide bonds. The Morgan fingerprint density at radius 1 is 1.35 bits per heavy atom. The molecule has 0 aliphatic heterocycles. The molecule has 3 rings (SSSR count). The van der Waals surface area contributed by atoms with Crippen molar-refractivity contribution >= 4 is 34.0 Å². The lowest BCUT2D eigenvalue weighted by Crippen LogP contribution is -2.26. The smallest absolute Gasteiger partial charge is 0.0951 e. The fourth-order valence-corrected chi connectivity index (χ4v) is 4.22. The number of thioether (sulfide) groups is 1. The van der Waals surface area contributed by atoms with Gasteiger partial charge in [0.05, 0.1) is 11.2 Å². The Morgan fingerprint density at radius 2 is 2.25 bits per heavy atom. The van der Waals surface area contributed by atoms with Gasteiger partial charge in [0.2, 0.25) is 0 Å². The lowest BCUT2D eigenvalue weighted by atomic mass is 10.1. The van der Waals surface area contributed by atoms with Crippen LogP contribution in [0.1, 0.15) is 26.2 Å². The molecule has 1 aliphatic rings. The van der Waals surface area contributed by atoms with E-state index < -0.39 is 0 Å². The number of benzene rings is 1. The van der Waals surface area contributed by atoms with Crippen LogP contribution in [0.15, 0.2) is 30.5 Å². The normalized spacial score (nSPS) is 22.2. The van der Waals surface area contributed by atoms with Gasteiger partial charge in [-0.15, -0.1) is 0 Å². The summed E-state index contributed by atoms with van der Waals surface area (Å²) < 4.78 is 0. The van der Waals surface area contributed by atoms with E-state index in [2.05, 4.69) is 41.1 Å². The van der Waals surface area contributed by atoms with Crippen molar-refractivity contribution < 1.29 is 0 Å². The second-order valence-corrected chi connectivity index (χ2v) is 6.79. The number of pyridine rings is 1.